The van der Waals surface area contributed by atoms with E-state index in [1.54, 1.807) is 0 Å². The summed E-state index contributed by atoms with van der Waals surface area (Å²) in [6, 6.07) is 0. The summed E-state index contributed by atoms with van der Waals surface area (Å²) in [5.74, 6) is 0. The van der Waals surface area contributed by atoms with Gasteiger partial charge in [0, 0.05) is 31.0 Å². The van der Waals surface area contributed by atoms with Crippen molar-refractivity contribution in [3.05, 3.63) is 29.1 Å². The van der Waals surface area contributed by atoms with Crippen LogP contribution in [0.2, 0.25) is 5.02 Å². The Hall–Kier alpha value is -0.800. The summed E-state index contributed by atoms with van der Waals surface area (Å²) >= 11 is 6.33. The Morgan fingerprint density at radius 2 is 1.95 bits per heavy atom. The predicted octanol–water partition coefficient (Wildman–Crippen LogP) is 3.50. The number of rotatable bonds is 5. The van der Waals surface area contributed by atoms with Crippen molar-refractivity contribution < 1.29 is 0 Å². The first-order valence-corrected chi connectivity index (χ1v) is 7.02. The minimum Gasteiger partial charge on any atom is -0.311 e. The van der Waals surface area contributed by atoms with Gasteiger partial charge in [0.05, 0.1) is 16.4 Å². The van der Waals surface area contributed by atoms with Crippen LogP contribution in [0.4, 0.5) is 0 Å². The molecule has 0 saturated carbocycles. The summed E-state index contributed by atoms with van der Waals surface area (Å²) in [6.45, 7) is 15.5. The molecule has 108 valence electrons. The maximum Gasteiger partial charge on any atom is 0.0847 e. The summed E-state index contributed by atoms with van der Waals surface area (Å²) in [5.41, 5.74) is 2.00. The van der Waals surface area contributed by atoms with Gasteiger partial charge >= 0.3 is 0 Å². The van der Waals surface area contributed by atoms with Gasteiger partial charge in [0.1, 0.15) is 0 Å². The standard InChI is InChI=1S/C15H26ClN3/c1-8-15(6,10-17-14(3,4)5)9-12-13(16)11(2)18-19(12)7/h8,17H,1,9-10H2,2-7H3. The minimum atomic E-state index is -0.0445. The van der Waals surface area contributed by atoms with Crippen molar-refractivity contribution in [2.75, 3.05) is 6.54 Å². The van der Waals surface area contributed by atoms with Crippen molar-refractivity contribution in [2.24, 2.45) is 12.5 Å². The van der Waals surface area contributed by atoms with Crippen molar-refractivity contribution >= 4 is 11.6 Å². The van der Waals surface area contributed by atoms with E-state index in [4.69, 9.17) is 11.6 Å². The van der Waals surface area contributed by atoms with Gasteiger partial charge in [-0.1, -0.05) is 24.6 Å². The highest BCUT2D eigenvalue weighted by Crippen LogP contribution is 2.29. The van der Waals surface area contributed by atoms with Gasteiger partial charge in [-0.25, -0.2) is 0 Å². The fourth-order valence-electron chi connectivity index (χ4n) is 1.93. The Bertz CT molecular complexity index is 457. The molecule has 1 N–H and O–H groups in total. The highest BCUT2D eigenvalue weighted by Gasteiger charge is 2.26. The first-order chi connectivity index (χ1) is 8.58. The van der Waals surface area contributed by atoms with E-state index in [2.05, 4.69) is 44.7 Å². The lowest BCUT2D eigenvalue weighted by molar-refractivity contribution is 0.318. The average Bonchev–Trinajstić information content (AvgIpc) is 2.53. The molecule has 0 saturated heterocycles. The minimum absolute atomic E-state index is 0.0445. The molecule has 1 atom stereocenters. The van der Waals surface area contributed by atoms with Crippen LogP contribution in [0.15, 0.2) is 12.7 Å². The molecule has 3 nitrogen and oxygen atoms in total. The molecule has 0 radical (unpaired) electrons. The zero-order valence-corrected chi connectivity index (χ0v) is 13.7. The molecule has 19 heavy (non-hydrogen) atoms. The number of aryl methyl sites for hydroxylation is 2. The topological polar surface area (TPSA) is 29.9 Å². The van der Waals surface area contributed by atoms with Crippen LogP contribution >= 0.6 is 11.6 Å². The largest absolute Gasteiger partial charge is 0.311 e. The maximum atomic E-state index is 6.33. The smallest absolute Gasteiger partial charge is 0.0847 e. The lowest BCUT2D eigenvalue weighted by atomic mass is 9.84. The van der Waals surface area contributed by atoms with Crippen molar-refractivity contribution in [1.29, 1.82) is 0 Å². The van der Waals surface area contributed by atoms with Crippen LogP contribution in [0.1, 0.15) is 39.1 Å². The molecule has 0 aromatic carbocycles. The number of aromatic nitrogens is 2. The fourth-order valence-corrected chi connectivity index (χ4v) is 2.16. The molecule has 0 amide bonds. The second-order valence-corrected chi connectivity index (χ2v) is 6.99. The molecule has 1 unspecified atom stereocenters. The van der Waals surface area contributed by atoms with Crippen LogP contribution in [-0.4, -0.2) is 21.9 Å². The SMILES string of the molecule is C=CC(C)(CNC(C)(C)C)Cc1c(Cl)c(C)nn1C. The van der Waals surface area contributed by atoms with Gasteiger partial charge in [-0.2, -0.15) is 5.10 Å². The number of halogens is 1. The van der Waals surface area contributed by atoms with E-state index in [0.29, 0.717) is 0 Å². The van der Waals surface area contributed by atoms with E-state index in [0.717, 1.165) is 29.4 Å². The van der Waals surface area contributed by atoms with Crippen LogP contribution in [-0.2, 0) is 13.5 Å². The van der Waals surface area contributed by atoms with E-state index < -0.39 is 0 Å². The van der Waals surface area contributed by atoms with E-state index >= 15 is 0 Å². The second-order valence-electron chi connectivity index (χ2n) is 6.61. The number of nitrogens with one attached hydrogen (secondary N) is 1. The summed E-state index contributed by atoms with van der Waals surface area (Å²) < 4.78 is 1.87. The highest BCUT2D eigenvalue weighted by molar-refractivity contribution is 6.31. The van der Waals surface area contributed by atoms with Crippen molar-refractivity contribution in [3.63, 3.8) is 0 Å². The van der Waals surface area contributed by atoms with Gasteiger partial charge in [-0.15, -0.1) is 6.58 Å². The first kappa shape index (κ1) is 16.3. The predicted molar refractivity (Wildman–Crippen MR) is 82.7 cm³/mol. The van der Waals surface area contributed by atoms with Gasteiger partial charge in [-0.3, -0.25) is 4.68 Å². The number of hydrogen-bond acceptors (Lipinski definition) is 2. The Morgan fingerprint density at radius 3 is 2.32 bits per heavy atom. The zero-order valence-electron chi connectivity index (χ0n) is 13.0. The third-order valence-corrected chi connectivity index (χ3v) is 3.84. The third-order valence-electron chi connectivity index (χ3n) is 3.35. The number of nitrogens with zero attached hydrogens (tertiary/aromatic N) is 2. The molecule has 0 aliphatic carbocycles. The number of hydrogen-bond donors (Lipinski definition) is 1. The molecule has 1 rings (SSSR count). The third kappa shape index (κ3) is 4.36. The quantitative estimate of drug-likeness (QED) is 0.838. The normalized spacial score (nSPS) is 15.3. The lowest BCUT2D eigenvalue weighted by Gasteiger charge is -2.31. The molecule has 0 aliphatic rings. The Morgan fingerprint density at radius 1 is 1.37 bits per heavy atom. The molecular formula is C15H26ClN3. The molecular weight excluding hydrogens is 258 g/mol. The molecule has 0 fully saturated rings. The van der Waals surface area contributed by atoms with Gasteiger partial charge in [-0.05, 0) is 27.7 Å². The molecule has 1 aromatic heterocycles. The van der Waals surface area contributed by atoms with Crippen molar-refractivity contribution in [1.82, 2.24) is 15.1 Å². The lowest BCUT2D eigenvalue weighted by Crippen LogP contribution is -2.43. The maximum absolute atomic E-state index is 6.33. The van der Waals surface area contributed by atoms with Crippen LogP contribution < -0.4 is 5.32 Å². The molecule has 1 heterocycles. The van der Waals surface area contributed by atoms with Crippen molar-refractivity contribution in [2.45, 2.75) is 46.6 Å². The summed E-state index contributed by atoms with van der Waals surface area (Å²) in [6.07, 6.45) is 2.83. The highest BCUT2D eigenvalue weighted by atomic mass is 35.5. The Balaban J connectivity index is 2.89. The van der Waals surface area contributed by atoms with E-state index in [1.165, 1.54) is 0 Å². The van der Waals surface area contributed by atoms with Crippen LogP contribution in [0.5, 0.6) is 0 Å². The van der Waals surface area contributed by atoms with Crippen LogP contribution in [0, 0.1) is 12.3 Å². The van der Waals surface area contributed by atoms with Crippen molar-refractivity contribution in [3.8, 4) is 0 Å². The summed E-state index contributed by atoms with van der Waals surface area (Å²) in [5, 5.41) is 8.67. The van der Waals surface area contributed by atoms with E-state index in [9.17, 15) is 0 Å². The fraction of sp³-hybridized carbons (Fsp3) is 0.667. The van der Waals surface area contributed by atoms with E-state index in [1.807, 2.05) is 24.7 Å². The van der Waals surface area contributed by atoms with Gasteiger partial charge in [0.25, 0.3) is 0 Å². The molecule has 0 bridgehead atoms. The van der Waals surface area contributed by atoms with Crippen LogP contribution in [0.3, 0.4) is 0 Å². The summed E-state index contributed by atoms with van der Waals surface area (Å²) in [7, 11) is 1.94. The second kappa shape index (κ2) is 5.68. The van der Waals surface area contributed by atoms with Gasteiger partial charge < -0.3 is 5.32 Å². The molecule has 4 heteroatoms. The Labute approximate surface area is 122 Å². The molecule has 1 aromatic rings. The Kier molecular flexibility index (Phi) is 4.86. The molecule has 0 spiro atoms. The monoisotopic (exact) mass is 283 g/mol. The first-order valence-electron chi connectivity index (χ1n) is 6.64. The zero-order chi connectivity index (χ0) is 14.8. The van der Waals surface area contributed by atoms with E-state index in [-0.39, 0.29) is 11.0 Å². The molecule has 0 aliphatic heterocycles. The summed E-state index contributed by atoms with van der Waals surface area (Å²) in [4.78, 5) is 0. The van der Waals surface area contributed by atoms with Crippen LogP contribution in [0.25, 0.3) is 0 Å². The van der Waals surface area contributed by atoms with Gasteiger partial charge in [0.2, 0.25) is 0 Å². The average molecular weight is 284 g/mol. The van der Waals surface area contributed by atoms with Gasteiger partial charge in [0.15, 0.2) is 0 Å².